The molecule has 0 saturated carbocycles. The van der Waals surface area contributed by atoms with Crippen LogP contribution in [0.2, 0.25) is 0 Å². The number of benzene rings is 1. The van der Waals surface area contributed by atoms with Crippen LogP contribution in [0, 0.1) is 17.8 Å². The number of thiazole rings is 1. The lowest BCUT2D eigenvalue weighted by Crippen LogP contribution is -2.58. The molecule has 13 heteroatoms. The zero-order chi connectivity index (χ0) is 40.7. The van der Waals surface area contributed by atoms with E-state index in [9.17, 15) is 24.0 Å². The molecule has 2 unspecified atom stereocenters. The molecule has 1 aromatic carbocycles. The molecule has 1 aliphatic heterocycles. The summed E-state index contributed by atoms with van der Waals surface area (Å²) in [6.07, 6.45) is 5.51. The molecule has 2 heterocycles. The number of unbranched alkanes of at least 4 members (excludes halogenated alkanes) is 1. The summed E-state index contributed by atoms with van der Waals surface area (Å²) in [7, 11) is 3.69. The largest absolute Gasteiger partial charge is 0.465 e. The molecule has 1 saturated heterocycles. The van der Waals surface area contributed by atoms with E-state index in [2.05, 4.69) is 20.5 Å². The first-order valence-corrected chi connectivity index (χ1v) is 21.0. The summed E-state index contributed by atoms with van der Waals surface area (Å²) < 4.78 is 11.3. The van der Waals surface area contributed by atoms with Gasteiger partial charge in [-0.05, 0) is 63.1 Å². The molecule has 2 N–H and O–H groups in total. The van der Waals surface area contributed by atoms with Gasteiger partial charge in [-0.15, -0.1) is 11.3 Å². The van der Waals surface area contributed by atoms with E-state index in [4.69, 9.17) is 9.47 Å². The zero-order valence-electron chi connectivity index (χ0n) is 34.5. The number of esters is 2. The summed E-state index contributed by atoms with van der Waals surface area (Å²) >= 11 is 1.21. The zero-order valence-corrected chi connectivity index (χ0v) is 35.3. The van der Waals surface area contributed by atoms with Crippen LogP contribution in [0.4, 0.5) is 0 Å². The Hall–Kier alpha value is -3.84. The number of piperidine rings is 1. The van der Waals surface area contributed by atoms with Crippen molar-refractivity contribution < 1.29 is 33.4 Å². The number of nitrogens with zero attached hydrogens (tertiary/aromatic N) is 3. The van der Waals surface area contributed by atoms with Crippen LogP contribution in [0.1, 0.15) is 127 Å². The van der Waals surface area contributed by atoms with E-state index in [-0.39, 0.29) is 59.9 Å². The number of aromatic nitrogens is 1. The standard InChI is InChI=1S/C42H65N5O7S/c1-10-12-22-53-42(52)29(6)23-32(24-31-18-14-13-15-19-31)43-38(49)33-26-55-40(44-33)36(54-30(7)48)25-35(27(3)4)47(9)41(51)37(28(5)11-2)45-39(50)34-20-16-17-21-46(34)8/h13-15,18-19,26-29,32,34-37H,10-12,16-17,20-25H2,1-9H3,(H,43,49)(H,45,50)/t28-,29?,32?,34+,35+,36+,37-/m0/s1. The summed E-state index contributed by atoms with van der Waals surface area (Å²) in [4.78, 5) is 74.9. The predicted octanol–water partition coefficient (Wildman–Crippen LogP) is 6.35. The number of nitrogens with one attached hydrogen (secondary N) is 2. The SMILES string of the molecule is CCCCOC(=O)C(C)CC(Cc1ccccc1)NC(=O)c1csc([C@@H](C[C@H](C(C)C)N(C)C(=O)[C@@H](NC(=O)[C@H]2CCCCN2C)[C@@H](C)CC)OC(C)=O)n1. The number of rotatable bonds is 21. The second kappa shape index (κ2) is 22.6. The maximum atomic E-state index is 14.2. The quantitative estimate of drug-likeness (QED) is 0.109. The van der Waals surface area contributed by atoms with Crippen LogP contribution in [0.15, 0.2) is 35.7 Å². The lowest BCUT2D eigenvalue weighted by Gasteiger charge is -2.38. The van der Waals surface area contributed by atoms with Crippen LogP contribution >= 0.6 is 11.3 Å². The van der Waals surface area contributed by atoms with E-state index in [0.717, 1.165) is 44.2 Å². The van der Waals surface area contributed by atoms with Gasteiger partial charge in [-0.2, -0.15) is 0 Å². The van der Waals surface area contributed by atoms with Crippen LogP contribution in [0.5, 0.6) is 0 Å². The fourth-order valence-electron chi connectivity index (χ4n) is 7.09. The Labute approximate surface area is 332 Å². The molecule has 3 rings (SSSR count). The van der Waals surface area contributed by atoms with Gasteiger partial charge in [0, 0.05) is 37.9 Å². The molecule has 1 fully saturated rings. The highest BCUT2D eigenvalue weighted by molar-refractivity contribution is 7.09. The molecule has 306 valence electrons. The summed E-state index contributed by atoms with van der Waals surface area (Å²) in [5.74, 6) is -2.11. The molecule has 0 spiro atoms. The summed E-state index contributed by atoms with van der Waals surface area (Å²) in [5, 5.41) is 8.26. The molecule has 1 aliphatic rings. The monoisotopic (exact) mass is 783 g/mol. The fraction of sp³-hybridized carbons (Fsp3) is 0.667. The van der Waals surface area contributed by atoms with E-state index in [0.29, 0.717) is 30.9 Å². The third kappa shape index (κ3) is 14.0. The number of carbonyl (C=O) groups excluding carboxylic acids is 5. The number of likely N-dealkylation sites (tertiary alicyclic amines) is 1. The van der Waals surface area contributed by atoms with E-state index in [1.54, 1.807) is 17.3 Å². The Kier molecular flexibility index (Phi) is 18.8. The number of carbonyl (C=O) groups is 5. The molecular weight excluding hydrogens is 719 g/mol. The van der Waals surface area contributed by atoms with Crippen molar-refractivity contribution in [3.8, 4) is 0 Å². The first-order chi connectivity index (χ1) is 26.2. The number of ether oxygens (including phenoxy) is 2. The van der Waals surface area contributed by atoms with Crippen molar-refractivity contribution in [3.63, 3.8) is 0 Å². The van der Waals surface area contributed by atoms with E-state index in [1.165, 1.54) is 18.3 Å². The van der Waals surface area contributed by atoms with Crippen LogP contribution in [-0.4, -0.2) is 95.9 Å². The molecule has 0 bridgehead atoms. The van der Waals surface area contributed by atoms with Crippen molar-refractivity contribution in [3.05, 3.63) is 52.0 Å². The van der Waals surface area contributed by atoms with Crippen molar-refractivity contribution >= 4 is 41.0 Å². The minimum Gasteiger partial charge on any atom is -0.465 e. The molecule has 0 aliphatic carbocycles. The van der Waals surface area contributed by atoms with Gasteiger partial charge in [0.2, 0.25) is 11.8 Å². The van der Waals surface area contributed by atoms with Crippen LogP contribution < -0.4 is 10.6 Å². The average Bonchev–Trinajstić information content (AvgIpc) is 3.65. The van der Waals surface area contributed by atoms with Gasteiger partial charge >= 0.3 is 11.9 Å². The van der Waals surface area contributed by atoms with E-state index < -0.39 is 29.9 Å². The fourth-order valence-corrected chi connectivity index (χ4v) is 7.93. The molecule has 1 aromatic heterocycles. The lowest BCUT2D eigenvalue weighted by molar-refractivity contribution is -0.150. The topological polar surface area (TPSA) is 147 Å². The number of hydrogen-bond acceptors (Lipinski definition) is 10. The minimum absolute atomic E-state index is 0.0399. The van der Waals surface area contributed by atoms with Gasteiger partial charge in [-0.25, -0.2) is 4.98 Å². The maximum absolute atomic E-state index is 14.2. The average molecular weight is 784 g/mol. The van der Waals surface area contributed by atoms with Gasteiger partial charge in [0.05, 0.1) is 18.6 Å². The molecule has 3 amide bonds. The van der Waals surface area contributed by atoms with Gasteiger partial charge in [0.25, 0.3) is 5.91 Å². The lowest BCUT2D eigenvalue weighted by atomic mass is 9.92. The Morgan fingerprint density at radius 1 is 1.02 bits per heavy atom. The molecule has 7 atom stereocenters. The smallest absolute Gasteiger partial charge is 0.308 e. The third-order valence-corrected chi connectivity index (χ3v) is 11.6. The number of likely N-dealkylation sites (N-methyl/N-ethyl adjacent to an activating group) is 2. The van der Waals surface area contributed by atoms with Gasteiger partial charge in [0.15, 0.2) is 6.10 Å². The van der Waals surface area contributed by atoms with Crippen molar-refractivity contribution in [2.24, 2.45) is 17.8 Å². The minimum atomic E-state index is -0.822. The van der Waals surface area contributed by atoms with Crippen LogP contribution in [-0.2, 0) is 35.1 Å². The van der Waals surface area contributed by atoms with Crippen molar-refractivity contribution in [2.45, 2.75) is 137 Å². The Morgan fingerprint density at radius 2 is 1.73 bits per heavy atom. The van der Waals surface area contributed by atoms with Crippen LogP contribution in [0.3, 0.4) is 0 Å². The summed E-state index contributed by atoms with van der Waals surface area (Å²) in [6, 6.07) is 8.02. The normalized spacial score (nSPS) is 18.0. The Morgan fingerprint density at radius 3 is 2.35 bits per heavy atom. The highest BCUT2D eigenvalue weighted by Crippen LogP contribution is 2.31. The predicted molar refractivity (Wildman–Crippen MR) is 215 cm³/mol. The first-order valence-electron chi connectivity index (χ1n) is 20.1. The van der Waals surface area contributed by atoms with Gasteiger partial charge < -0.3 is 25.0 Å². The second-order valence-electron chi connectivity index (χ2n) is 15.5. The highest BCUT2D eigenvalue weighted by Gasteiger charge is 2.37. The molecule has 2 aromatic rings. The van der Waals surface area contributed by atoms with Gasteiger partial charge in [-0.3, -0.25) is 28.9 Å². The highest BCUT2D eigenvalue weighted by atomic mass is 32.1. The van der Waals surface area contributed by atoms with E-state index >= 15 is 0 Å². The molecule has 55 heavy (non-hydrogen) atoms. The Balaban J connectivity index is 1.80. The number of amides is 3. The summed E-state index contributed by atoms with van der Waals surface area (Å²) in [6.45, 7) is 14.4. The first kappa shape index (κ1) is 45.5. The van der Waals surface area contributed by atoms with Crippen molar-refractivity contribution in [1.82, 2.24) is 25.4 Å². The molecule has 12 nitrogen and oxygen atoms in total. The van der Waals surface area contributed by atoms with Crippen molar-refractivity contribution in [2.75, 3.05) is 27.2 Å². The summed E-state index contributed by atoms with van der Waals surface area (Å²) in [5.41, 5.74) is 1.19. The van der Waals surface area contributed by atoms with Crippen LogP contribution in [0.25, 0.3) is 0 Å². The van der Waals surface area contributed by atoms with Gasteiger partial charge in [-0.1, -0.05) is 91.1 Å². The Bertz CT molecular complexity index is 1530. The molecule has 0 radical (unpaired) electrons. The maximum Gasteiger partial charge on any atom is 0.308 e. The second-order valence-corrected chi connectivity index (χ2v) is 16.4. The molecular formula is C42H65N5O7S. The van der Waals surface area contributed by atoms with E-state index in [1.807, 2.05) is 78.9 Å². The van der Waals surface area contributed by atoms with Crippen molar-refractivity contribution in [1.29, 1.82) is 0 Å². The number of hydrogen-bond donors (Lipinski definition) is 2. The third-order valence-electron chi connectivity index (χ3n) is 10.7. The van der Waals surface area contributed by atoms with Gasteiger partial charge in [0.1, 0.15) is 16.7 Å².